The third-order valence-corrected chi connectivity index (χ3v) is 1.53. The van der Waals surface area contributed by atoms with E-state index in [1.54, 1.807) is 13.1 Å². The fourth-order valence-corrected chi connectivity index (χ4v) is 0.867. The molecule has 1 aromatic rings. The maximum Gasteiger partial charge on any atom is 0.103 e. The molecule has 1 nitrogen and oxygen atoms in total. The number of hydrogen-bond acceptors (Lipinski definition) is 1. The molecule has 0 N–H and O–H groups in total. The van der Waals surface area contributed by atoms with E-state index in [0.29, 0.717) is 5.17 Å². The van der Waals surface area contributed by atoms with Crippen molar-refractivity contribution in [3.05, 3.63) is 34.7 Å². The first-order valence-electron chi connectivity index (χ1n) is 3.64. The Morgan fingerprint density at radius 2 is 2.17 bits per heavy atom. The highest BCUT2D eigenvalue weighted by Crippen LogP contribution is 1.82. The molecule has 1 rings (SSSR count). The lowest BCUT2D eigenvalue weighted by molar-refractivity contribution is 1.50. The lowest BCUT2D eigenvalue weighted by Gasteiger charge is -1.85. The molecule has 1 aromatic carbocycles. The summed E-state index contributed by atoms with van der Waals surface area (Å²) in [7, 11) is 0. The quantitative estimate of drug-likeness (QED) is 0.580. The van der Waals surface area contributed by atoms with Crippen LogP contribution in [0.3, 0.4) is 0 Å². The Hall–Kier alpha value is -1.08. The van der Waals surface area contributed by atoms with E-state index in [1.165, 1.54) is 0 Å². The van der Waals surface area contributed by atoms with Crippen LogP contribution in [0.1, 0.15) is 6.92 Å². The van der Waals surface area contributed by atoms with Crippen molar-refractivity contribution in [1.29, 1.82) is 0 Å². The molecule has 0 aliphatic rings. The normalized spacial score (nSPS) is 13.5. The molecule has 0 saturated heterocycles. The summed E-state index contributed by atoms with van der Waals surface area (Å²) in [5, 5.41) is 2.48. The van der Waals surface area contributed by atoms with Crippen LogP contribution in [0.5, 0.6) is 0 Å². The van der Waals surface area contributed by atoms with Gasteiger partial charge in [-0.15, -0.1) is 0 Å². The zero-order valence-electron chi connectivity index (χ0n) is 6.92. The van der Waals surface area contributed by atoms with Crippen molar-refractivity contribution < 1.29 is 0 Å². The van der Waals surface area contributed by atoms with E-state index >= 15 is 0 Å². The second-order valence-corrected chi connectivity index (χ2v) is 3.00. The molecule has 0 spiro atoms. The van der Waals surface area contributed by atoms with Crippen molar-refractivity contribution in [1.82, 2.24) is 0 Å². The highest BCUT2D eigenvalue weighted by atomic mass is 35.5. The fraction of sp³-hybridized carbons (Fsp3) is 0.100. The van der Waals surface area contributed by atoms with Crippen LogP contribution in [0, 0.1) is 0 Å². The molecule has 0 amide bonds. The molecule has 0 bridgehead atoms. The zero-order chi connectivity index (χ0) is 8.97. The number of benzene rings is 1. The first-order valence-corrected chi connectivity index (χ1v) is 4.02. The van der Waals surface area contributed by atoms with Gasteiger partial charge in [0.15, 0.2) is 0 Å². The number of nitrogens with zero attached hydrogens (tertiary/aromatic N) is 1. The van der Waals surface area contributed by atoms with Crippen LogP contribution in [-0.4, -0.2) is 5.17 Å². The Bertz CT molecular complexity index is 389. The molecule has 0 heterocycles. The minimum Gasteiger partial charge on any atom is -0.249 e. The minimum atomic E-state index is 0.526. The Labute approximate surface area is 76.7 Å². The molecule has 0 aliphatic heterocycles. The second-order valence-electron chi connectivity index (χ2n) is 2.45. The summed E-state index contributed by atoms with van der Waals surface area (Å²) in [4.78, 5) is 3.97. The van der Waals surface area contributed by atoms with E-state index < -0.39 is 0 Å². The summed E-state index contributed by atoms with van der Waals surface area (Å²) in [5.74, 6) is 0. The molecule has 0 fully saturated rings. The highest BCUT2D eigenvalue weighted by molar-refractivity contribution is 6.65. The van der Waals surface area contributed by atoms with Crippen LogP contribution in [-0.2, 0) is 0 Å². The Morgan fingerprint density at radius 3 is 2.75 bits per heavy atom. The van der Waals surface area contributed by atoms with Gasteiger partial charge in [-0.25, -0.2) is 4.99 Å². The number of hydrogen-bond donors (Lipinski definition) is 0. The lowest BCUT2D eigenvalue weighted by atomic mass is 10.3. The molecule has 0 aromatic heterocycles. The molecule has 12 heavy (non-hydrogen) atoms. The molecular formula is C10H10ClN. The Morgan fingerprint density at radius 1 is 1.50 bits per heavy atom. The maximum absolute atomic E-state index is 5.58. The van der Waals surface area contributed by atoms with Gasteiger partial charge in [0, 0.05) is 6.20 Å². The fourth-order valence-electron chi connectivity index (χ4n) is 0.819. The largest absolute Gasteiger partial charge is 0.249 e. The summed E-state index contributed by atoms with van der Waals surface area (Å²) in [6.07, 6.45) is 1.71. The van der Waals surface area contributed by atoms with Gasteiger partial charge in [-0.1, -0.05) is 42.4 Å². The first kappa shape index (κ1) is 9.01. The van der Waals surface area contributed by atoms with Crippen molar-refractivity contribution in [2.75, 3.05) is 0 Å². The monoisotopic (exact) mass is 179 g/mol. The maximum atomic E-state index is 5.58. The molecule has 0 saturated carbocycles. The number of aliphatic imine (C=N–C) groups is 1. The standard InChI is InChI=1S/C10H10ClN/c1-8-5-3-4-6-10(8)7-12-9(2)11/h3-7H,1H2,2H3/b10-7-,12-9?. The van der Waals surface area contributed by atoms with Gasteiger partial charge in [-0.3, -0.25) is 0 Å². The van der Waals surface area contributed by atoms with E-state index in [2.05, 4.69) is 11.6 Å². The van der Waals surface area contributed by atoms with Crippen LogP contribution >= 0.6 is 11.6 Å². The molecule has 2 heteroatoms. The predicted molar refractivity (Wildman–Crippen MR) is 54.6 cm³/mol. The molecule has 62 valence electrons. The summed E-state index contributed by atoms with van der Waals surface area (Å²) < 4.78 is 0. The van der Waals surface area contributed by atoms with Crippen molar-refractivity contribution in [2.24, 2.45) is 4.99 Å². The van der Waals surface area contributed by atoms with Gasteiger partial charge >= 0.3 is 0 Å². The van der Waals surface area contributed by atoms with Crippen LogP contribution in [0.25, 0.3) is 12.8 Å². The van der Waals surface area contributed by atoms with Gasteiger partial charge in [-0.05, 0) is 17.4 Å². The Kier molecular flexibility index (Phi) is 3.06. The SMILES string of the molecule is C=c1cccc/c1=C/N=C(C)Cl. The molecule has 0 aliphatic carbocycles. The zero-order valence-corrected chi connectivity index (χ0v) is 7.67. The van der Waals surface area contributed by atoms with E-state index in [9.17, 15) is 0 Å². The van der Waals surface area contributed by atoms with Gasteiger partial charge in [0.1, 0.15) is 5.17 Å². The molecule has 0 unspecified atom stereocenters. The van der Waals surface area contributed by atoms with Crippen molar-refractivity contribution >= 4 is 29.6 Å². The minimum absolute atomic E-state index is 0.526. The first-order chi connectivity index (χ1) is 5.70. The number of rotatable bonds is 1. The van der Waals surface area contributed by atoms with E-state index in [-0.39, 0.29) is 0 Å². The summed E-state index contributed by atoms with van der Waals surface area (Å²) in [6.45, 7) is 5.59. The lowest BCUT2D eigenvalue weighted by Crippen LogP contribution is -2.21. The molecule has 0 atom stereocenters. The van der Waals surface area contributed by atoms with Crippen molar-refractivity contribution in [2.45, 2.75) is 6.92 Å². The van der Waals surface area contributed by atoms with E-state index in [4.69, 9.17) is 11.6 Å². The van der Waals surface area contributed by atoms with Gasteiger partial charge < -0.3 is 0 Å². The predicted octanol–water partition coefficient (Wildman–Crippen LogP) is 1.49. The van der Waals surface area contributed by atoms with Crippen LogP contribution < -0.4 is 10.4 Å². The van der Waals surface area contributed by atoms with E-state index in [0.717, 1.165) is 10.4 Å². The van der Waals surface area contributed by atoms with E-state index in [1.807, 2.05) is 24.3 Å². The van der Waals surface area contributed by atoms with Gasteiger partial charge in [0.25, 0.3) is 0 Å². The smallest absolute Gasteiger partial charge is 0.103 e. The molecular weight excluding hydrogens is 170 g/mol. The average molecular weight is 180 g/mol. The second kappa shape index (κ2) is 4.07. The van der Waals surface area contributed by atoms with Gasteiger partial charge in [0.2, 0.25) is 0 Å². The van der Waals surface area contributed by atoms with Crippen LogP contribution in [0.15, 0.2) is 29.3 Å². The number of halogens is 1. The Balaban J connectivity index is 3.20. The van der Waals surface area contributed by atoms with Gasteiger partial charge in [0.05, 0.1) is 0 Å². The average Bonchev–Trinajstić information content (AvgIpc) is 2.03. The summed E-state index contributed by atoms with van der Waals surface area (Å²) >= 11 is 5.58. The van der Waals surface area contributed by atoms with Crippen molar-refractivity contribution in [3.8, 4) is 0 Å². The highest BCUT2D eigenvalue weighted by Gasteiger charge is 1.79. The summed E-state index contributed by atoms with van der Waals surface area (Å²) in [6, 6.07) is 7.77. The van der Waals surface area contributed by atoms with Gasteiger partial charge in [-0.2, -0.15) is 0 Å². The third-order valence-electron chi connectivity index (χ3n) is 1.44. The van der Waals surface area contributed by atoms with Crippen LogP contribution in [0.4, 0.5) is 0 Å². The third kappa shape index (κ3) is 2.51. The van der Waals surface area contributed by atoms with Crippen LogP contribution in [0.2, 0.25) is 0 Å². The molecule has 0 radical (unpaired) electrons. The topological polar surface area (TPSA) is 12.4 Å². The van der Waals surface area contributed by atoms with Crippen molar-refractivity contribution in [3.63, 3.8) is 0 Å². The summed E-state index contributed by atoms with van der Waals surface area (Å²) in [5.41, 5.74) is 0.